The third kappa shape index (κ3) is 2.21. The molecule has 0 heterocycles. The number of carboxylic acids is 1. The van der Waals surface area contributed by atoms with Gasteiger partial charge in [-0.2, -0.15) is 0 Å². The van der Waals surface area contributed by atoms with Crippen LogP contribution in [0.5, 0.6) is 0 Å². The van der Waals surface area contributed by atoms with Crippen molar-refractivity contribution < 1.29 is 15.0 Å². The summed E-state index contributed by atoms with van der Waals surface area (Å²) in [7, 11) is 0. The van der Waals surface area contributed by atoms with Crippen LogP contribution in [0.1, 0.15) is 27.8 Å². The molecule has 1 atom stereocenters. The highest BCUT2D eigenvalue weighted by atomic mass is 16.4. The second-order valence-corrected chi connectivity index (χ2v) is 5.12. The molecule has 0 aliphatic carbocycles. The zero-order valence-corrected chi connectivity index (χ0v) is 11.8. The molecule has 0 aliphatic rings. The van der Waals surface area contributed by atoms with Gasteiger partial charge < -0.3 is 10.2 Å². The van der Waals surface area contributed by atoms with Crippen LogP contribution in [-0.4, -0.2) is 16.2 Å². The van der Waals surface area contributed by atoms with Gasteiger partial charge in [0.2, 0.25) is 5.60 Å². The molecule has 2 N–H and O–H groups in total. The van der Waals surface area contributed by atoms with Crippen LogP contribution in [0.3, 0.4) is 0 Å². The van der Waals surface area contributed by atoms with E-state index >= 15 is 0 Å². The van der Waals surface area contributed by atoms with Crippen LogP contribution >= 0.6 is 0 Å². The lowest BCUT2D eigenvalue weighted by atomic mass is 9.84. The van der Waals surface area contributed by atoms with Crippen molar-refractivity contribution in [3.8, 4) is 0 Å². The largest absolute Gasteiger partial charge is 0.479 e. The predicted octanol–water partition coefficient (Wildman–Crippen LogP) is 2.93. The van der Waals surface area contributed by atoms with E-state index in [1.165, 1.54) is 0 Å². The van der Waals surface area contributed by atoms with E-state index < -0.39 is 11.6 Å². The summed E-state index contributed by atoms with van der Waals surface area (Å²) in [5.74, 6) is -1.27. The number of hydrogen-bond acceptors (Lipinski definition) is 2. The van der Waals surface area contributed by atoms with Crippen molar-refractivity contribution in [3.05, 3.63) is 70.3 Å². The van der Waals surface area contributed by atoms with Gasteiger partial charge in [-0.15, -0.1) is 0 Å². The number of aliphatic carboxylic acids is 1. The minimum atomic E-state index is -2.02. The number of benzene rings is 2. The molecule has 0 spiro atoms. The molecule has 0 saturated heterocycles. The SMILES string of the molecule is Cc1cc(C(O)(C(=O)O)c2ccccc2)cc(C)c1C. The van der Waals surface area contributed by atoms with E-state index in [1.807, 2.05) is 20.8 Å². The normalized spacial score (nSPS) is 13.8. The number of rotatable bonds is 3. The molecule has 1 unspecified atom stereocenters. The highest BCUT2D eigenvalue weighted by Gasteiger charge is 2.40. The Morgan fingerprint density at radius 3 is 1.90 bits per heavy atom. The summed E-state index contributed by atoms with van der Waals surface area (Å²) in [5.41, 5.74) is 1.76. The maximum Gasteiger partial charge on any atom is 0.345 e. The Morgan fingerprint density at radius 1 is 0.950 bits per heavy atom. The summed E-state index contributed by atoms with van der Waals surface area (Å²) in [5, 5.41) is 20.3. The molecule has 0 radical (unpaired) electrons. The number of aliphatic hydroxyl groups is 1. The van der Waals surface area contributed by atoms with Gasteiger partial charge in [-0.05, 0) is 48.6 Å². The van der Waals surface area contributed by atoms with Crippen molar-refractivity contribution in [2.24, 2.45) is 0 Å². The molecule has 3 nitrogen and oxygen atoms in total. The number of hydrogen-bond donors (Lipinski definition) is 2. The zero-order chi connectivity index (χ0) is 14.9. The quantitative estimate of drug-likeness (QED) is 0.901. The first-order valence-corrected chi connectivity index (χ1v) is 6.47. The zero-order valence-electron chi connectivity index (χ0n) is 11.8. The average molecular weight is 270 g/mol. The van der Waals surface area contributed by atoms with Gasteiger partial charge in [0.1, 0.15) is 0 Å². The monoisotopic (exact) mass is 270 g/mol. The maximum atomic E-state index is 11.7. The minimum Gasteiger partial charge on any atom is -0.479 e. The van der Waals surface area contributed by atoms with Crippen LogP contribution in [0, 0.1) is 20.8 Å². The Morgan fingerprint density at radius 2 is 1.45 bits per heavy atom. The Hall–Kier alpha value is -2.13. The molecule has 20 heavy (non-hydrogen) atoms. The molecule has 0 fully saturated rings. The molecule has 0 bridgehead atoms. The van der Waals surface area contributed by atoms with Gasteiger partial charge in [0, 0.05) is 0 Å². The van der Waals surface area contributed by atoms with Crippen molar-refractivity contribution in [2.45, 2.75) is 26.4 Å². The summed E-state index contributed by atoms with van der Waals surface area (Å²) in [6, 6.07) is 12.0. The minimum absolute atomic E-state index is 0.357. The second-order valence-electron chi connectivity index (χ2n) is 5.12. The summed E-state index contributed by atoms with van der Waals surface area (Å²) < 4.78 is 0. The van der Waals surface area contributed by atoms with E-state index in [0.29, 0.717) is 11.1 Å². The van der Waals surface area contributed by atoms with Gasteiger partial charge in [-0.3, -0.25) is 0 Å². The Labute approximate surface area is 118 Å². The van der Waals surface area contributed by atoms with Gasteiger partial charge in [0.15, 0.2) is 0 Å². The first kappa shape index (κ1) is 14.3. The molecular weight excluding hydrogens is 252 g/mol. The Kier molecular flexibility index (Phi) is 3.64. The van der Waals surface area contributed by atoms with E-state index in [0.717, 1.165) is 16.7 Å². The van der Waals surface area contributed by atoms with Crippen LogP contribution in [0.25, 0.3) is 0 Å². The highest BCUT2D eigenvalue weighted by Crippen LogP contribution is 2.32. The average Bonchev–Trinajstić information content (AvgIpc) is 2.44. The van der Waals surface area contributed by atoms with Crippen molar-refractivity contribution in [1.29, 1.82) is 0 Å². The smallest absolute Gasteiger partial charge is 0.345 e. The van der Waals surface area contributed by atoms with E-state index in [1.54, 1.807) is 42.5 Å². The predicted molar refractivity (Wildman–Crippen MR) is 77.7 cm³/mol. The molecule has 3 heteroatoms. The van der Waals surface area contributed by atoms with Gasteiger partial charge in [0.25, 0.3) is 0 Å². The molecule has 0 aliphatic heterocycles. The molecule has 0 aromatic heterocycles. The number of carboxylic acid groups (broad SMARTS) is 1. The highest BCUT2D eigenvalue weighted by molar-refractivity contribution is 5.84. The molecule has 2 rings (SSSR count). The lowest BCUT2D eigenvalue weighted by Gasteiger charge is -2.26. The standard InChI is InChI=1S/C17H18O3/c1-11-9-15(10-12(2)13(11)3)17(20,16(18)19)14-7-5-4-6-8-14/h4-10,20H,1-3H3,(H,18,19). The van der Waals surface area contributed by atoms with Crippen LogP contribution in [0.15, 0.2) is 42.5 Å². The first-order chi connectivity index (χ1) is 9.37. The van der Waals surface area contributed by atoms with Crippen LogP contribution < -0.4 is 0 Å². The summed E-state index contributed by atoms with van der Waals surface area (Å²) in [6.45, 7) is 5.81. The number of carbonyl (C=O) groups is 1. The topological polar surface area (TPSA) is 57.5 Å². The lowest BCUT2D eigenvalue weighted by Crippen LogP contribution is -2.37. The van der Waals surface area contributed by atoms with Gasteiger partial charge in [-0.1, -0.05) is 42.5 Å². The molecule has 2 aromatic carbocycles. The molecule has 104 valence electrons. The molecule has 0 saturated carbocycles. The Bertz CT molecular complexity index is 624. The van der Waals surface area contributed by atoms with Crippen molar-refractivity contribution in [3.63, 3.8) is 0 Å². The van der Waals surface area contributed by atoms with Gasteiger partial charge in [-0.25, -0.2) is 4.79 Å². The lowest BCUT2D eigenvalue weighted by molar-refractivity contribution is -0.155. The third-order valence-electron chi connectivity index (χ3n) is 3.85. The first-order valence-electron chi connectivity index (χ1n) is 6.47. The molecule has 0 amide bonds. The fraction of sp³-hybridized carbons (Fsp3) is 0.235. The van der Waals surface area contributed by atoms with Crippen molar-refractivity contribution in [2.75, 3.05) is 0 Å². The van der Waals surface area contributed by atoms with Crippen molar-refractivity contribution >= 4 is 5.97 Å². The van der Waals surface area contributed by atoms with Crippen LogP contribution in [0.2, 0.25) is 0 Å². The second kappa shape index (κ2) is 5.10. The van der Waals surface area contributed by atoms with E-state index in [2.05, 4.69) is 0 Å². The van der Waals surface area contributed by atoms with E-state index in [4.69, 9.17) is 0 Å². The fourth-order valence-electron chi connectivity index (χ4n) is 2.34. The van der Waals surface area contributed by atoms with Crippen molar-refractivity contribution in [1.82, 2.24) is 0 Å². The summed E-state index contributed by atoms with van der Waals surface area (Å²) in [4.78, 5) is 11.7. The third-order valence-corrected chi connectivity index (χ3v) is 3.85. The van der Waals surface area contributed by atoms with Gasteiger partial charge in [0.05, 0.1) is 0 Å². The molecule has 2 aromatic rings. The number of aryl methyl sites for hydroxylation is 2. The molecular formula is C17H18O3. The van der Waals surface area contributed by atoms with Gasteiger partial charge >= 0.3 is 5.97 Å². The van der Waals surface area contributed by atoms with Crippen LogP contribution in [0.4, 0.5) is 0 Å². The summed E-state index contributed by atoms with van der Waals surface area (Å²) >= 11 is 0. The Balaban J connectivity index is 2.69. The fourth-order valence-corrected chi connectivity index (χ4v) is 2.34. The summed E-state index contributed by atoms with van der Waals surface area (Å²) in [6.07, 6.45) is 0. The van der Waals surface area contributed by atoms with Crippen LogP contribution in [-0.2, 0) is 10.4 Å². The van der Waals surface area contributed by atoms with E-state index in [9.17, 15) is 15.0 Å². The maximum absolute atomic E-state index is 11.7. The van der Waals surface area contributed by atoms with E-state index in [-0.39, 0.29) is 0 Å².